The van der Waals surface area contributed by atoms with Gasteiger partial charge in [0, 0.05) is 0 Å². The second-order valence-electron chi connectivity index (χ2n) is 9.12. The van der Waals surface area contributed by atoms with Crippen molar-refractivity contribution in [2.24, 2.45) is 5.92 Å². The molecule has 2 aromatic carbocycles. The van der Waals surface area contributed by atoms with Crippen molar-refractivity contribution in [3.8, 4) is 11.1 Å². The van der Waals surface area contributed by atoms with E-state index in [-0.39, 0.29) is 19.0 Å². The summed E-state index contributed by atoms with van der Waals surface area (Å²) in [7, 11) is 0. The highest BCUT2D eigenvalue weighted by molar-refractivity contribution is 5.80. The second kappa shape index (κ2) is 10.9. The molecule has 168 valence electrons. The molecule has 0 amide bonds. The average molecular weight is 433 g/mol. The number of esters is 2. The molecular weight excluding hydrogens is 400 g/mol. The molecule has 4 heteroatoms. The molecule has 1 aliphatic rings. The van der Waals surface area contributed by atoms with Crippen LogP contribution < -0.4 is 0 Å². The van der Waals surface area contributed by atoms with Crippen molar-refractivity contribution in [2.75, 3.05) is 6.61 Å². The Balaban J connectivity index is 1.69. The summed E-state index contributed by atoms with van der Waals surface area (Å²) in [6.45, 7) is 5.69. The molecule has 32 heavy (non-hydrogen) atoms. The molecule has 0 N–H and O–H groups in total. The maximum Gasteiger partial charge on any atom is 0.310 e. The Hall–Kier alpha value is -3.14. The molecule has 0 spiro atoms. The Morgan fingerprint density at radius 2 is 1.62 bits per heavy atom. The van der Waals surface area contributed by atoms with Gasteiger partial charge in [0.25, 0.3) is 0 Å². The number of allylic oxidation sites excluding steroid dienone is 2. The fourth-order valence-corrected chi connectivity index (χ4v) is 3.62. The van der Waals surface area contributed by atoms with Crippen LogP contribution in [0.25, 0.3) is 11.1 Å². The van der Waals surface area contributed by atoms with Gasteiger partial charge in [-0.1, -0.05) is 72.8 Å². The van der Waals surface area contributed by atoms with Crippen LogP contribution in [-0.2, 0) is 25.5 Å². The summed E-state index contributed by atoms with van der Waals surface area (Å²) in [6.07, 6.45) is 8.53. The molecule has 0 aromatic heterocycles. The molecule has 0 saturated heterocycles. The summed E-state index contributed by atoms with van der Waals surface area (Å²) in [5.41, 5.74) is 3.62. The number of hydrogen-bond acceptors (Lipinski definition) is 4. The van der Waals surface area contributed by atoms with Crippen molar-refractivity contribution >= 4 is 11.9 Å². The van der Waals surface area contributed by atoms with Gasteiger partial charge in [-0.15, -0.1) is 0 Å². The first kappa shape index (κ1) is 23.5. The molecule has 1 unspecified atom stereocenters. The number of carbonyl (C=O) groups excluding carboxylic acids is 2. The SMILES string of the molecule is CC(C)(C)OC(=O)CC(Cc1ccc(-c2ccccc2)cc1)C(=O)OCC1=CCCC=C1. The van der Waals surface area contributed by atoms with Gasteiger partial charge in [-0.05, 0) is 62.3 Å². The molecule has 0 heterocycles. The van der Waals surface area contributed by atoms with E-state index in [1.54, 1.807) is 0 Å². The molecule has 1 atom stereocenters. The summed E-state index contributed by atoms with van der Waals surface area (Å²) in [6, 6.07) is 18.2. The predicted molar refractivity (Wildman–Crippen MR) is 127 cm³/mol. The fraction of sp³-hybridized carbons (Fsp3) is 0.357. The third kappa shape index (κ3) is 7.52. The molecule has 3 rings (SSSR count). The summed E-state index contributed by atoms with van der Waals surface area (Å²) in [4.78, 5) is 25.4. The highest BCUT2D eigenvalue weighted by Gasteiger charge is 2.27. The monoisotopic (exact) mass is 432 g/mol. The van der Waals surface area contributed by atoms with Crippen molar-refractivity contribution in [3.63, 3.8) is 0 Å². The number of carbonyl (C=O) groups is 2. The zero-order valence-corrected chi connectivity index (χ0v) is 19.2. The third-order valence-corrected chi connectivity index (χ3v) is 5.16. The van der Waals surface area contributed by atoms with Crippen LogP contribution in [0.4, 0.5) is 0 Å². The Labute approximate surface area is 190 Å². The molecule has 2 aromatic rings. The van der Waals surface area contributed by atoms with E-state index in [0.717, 1.165) is 35.1 Å². The van der Waals surface area contributed by atoms with Crippen LogP contribution in [0, 0.1) is 5.92 Å². The summed E-state index contributed by atoms with van der Waals surface area (Å²) in [5.74, 6) is -1.36. The number of benzene rings is 2. The van der Waals surface area contributed by atoms with E-state index >= 15 is 0 Å². The zero-order valence-electron chi connectivity index (χ0n) is 19.2. The normalized spacial score (nSPS) is 14.4. The Morgan fingerprint density at radius 3 is 2.25 bits per heavy atom. The largest absolute Gasteiger partial charge is 0.461 e. The van der Waals surface area contributed by atoms with Crippen LogP contribution in [0.15, 0.2) is 78.4 Å². The van der Waals surface area contributed by atoms with Crippen LogP contribution in [0.5, 0.6) is 0 Å². The van der Waals surface area contributed by atoms with Gasteiger partial charge in [0.2, 0.25) is 0 Å². The lowest BCUT2D eigenvalue weighted by Crippen LogP contribution is -2.29. The van der Waals surface area contributed by atoms with Crippen molar-refractivity contribution in [1.29, 1.82) is 0 Å². The first-order valence-corrected chi connectivity index (χ1v) is 11.2. The molecule has 0 saturated carbocycles. The number of rotatable bonds is 8. The zero-order chi connectivity index (χ0) is 23.0. The van der Waals surface area contributed by atoms with Gasteiger partial charge in [-0.2, -0.15) is 0 Å². The van der Waals surface area contributed by atoms with Crippen LogP contribution >= 0.6 is 0 Å². The Bertz CT molecular complexity index is 963. The maximum atomic E-state index is 12.9. The van der Waals surface area contributed by atoms with Crippen molar-refractivity contribution in [3.05, 3.63) is 84.0 Å². The van der Waals surface area contributed by atoms with E-state index in [1.807, 2.05) is 69.3 Å². The maximum absolute atomic E-state index is 12.9. The molecule has 4 nitrogen and oxygen atoms in total. The van der Waals surface area contributed by atoms with Crippen molar-refractivity contribution in [2.45, 2.75) is 52.1 Å². The number of ether oxygens (including phenoxy) is 2. The van der Waals surface area contributed by atoms with Crippen LogP contribution in [0.1, 0.15) is 45.6 Å². The first-order valence-electron chi connectivity index (χ1n) is 11.2. The van der Waals surface area contributed by atoms with Gasteiger partial charge in [-0.3, -0.25) is 9.59 Å². The van der Waals surface area contributed by atoms with Crippen molar-refractivity contribution in [1.82, 2.24) is 0 Å². The van der Waals surface area contributed by atoms with Crippen molar-refractivity contribution < 1.29 is 19.1 Å². The fourth-order valence-electron chi connectivity index (χ4n) is 3.62. The Kier molecular flexibility index (Phi) is 8.04. The van der Waals surface area contributed by atoms with E-state index in [2.05, 4.69) is 24.3 Å². The quantitative estimate of drug-likeness (QED) is 0.476. The molecular formula is C28H32O4. The standard InChI is InChI=1S/C28H32O4/c1-28(2,3)32-26(29)19-25(27(30)31-20-22-10-6-4-7-11-22)18-21-14-16-24(17-15-21)23-12-8-5-9-13-23/h5-6,8-17,25H,4,7,18-20H2,1-3H3. The minimum absolute atomic E-state index is 0.00851. The minimum atomic E-state index is -0.597. The second-order valence-corrected chi connectivity index (χ2v) is 9.12. The van der Waals surface area contributed by atoms with Gasteiger partial charge in [-0.25, -0.2) is 0 Å². The third-order valence-electron chi connectivity index (χ3n) is 5.16. The topological polar surface area (TPSA) is 52.6 Å². The van der Waals surface area contributed by atoms with Gasteiger partial charge in [0.05, 0.1) is 12.3 Å². The van der Waals surface area contributed by atoms with Gasteiger partial charge >= 0.3 is 11.9 Å². The summed E-state index contributed by atoms with van der Waals surface area (Å²) in [5, 5.41) is 0. The summed E-state index contributed by atoms with van der Waals surface area (Å²) < 4.78 is 11.0. The molecule has 0 aliphatic heterocycles. The van der Waals surface area contributed by atoms with Gasteiger partial charge in [0.15, 0.2) is 0 Å². The van der Waals surface area contributed by atoms with E-state index in [1.165, 1.54) is 0 Å². The average Bonchev–Trinajstić information content (AvgIpc) is 2.77. The Morgan fingerprint density at radius 1 is 0.938 bits per heavy atom. The first-order chi connectivity index (χ1) is 15.3. The van der Waals surface area contributed by atoms with Gasteiger partial charge in [0.1, 0.15) is 12.2 Å². The highest BCUT2D eigenvalue weighted by atomic mass is 16.6. The highest BCUT2D eigenvalue weighted by Crippen LogP contribution is 2.23. The summed E-state index contributed by atoms with van der Waals surface area (Å²) >= 11 is 0. The molecule has 0 radical (unpaired) electrons. The van der Waals surface area contributed by atoms with Crippen LogP contribution in [0.2, 0.25) is 0 Å². The lowest BCUT2D eigenvalue weighted by Gasteiger charge is -2.22. The van der Waals surface area contributed by atoms with E-state index < -0.39 is 17.5 Å². The number of hydrogen-bond donors (Lipinski definition) is 0. The van der Waals surface area contributed by atoms with E-state index in [9.17, 15) is 9.59 Å². The van der Waals surface area contributed by atoms with Gasteiger partial charge < -0.3 is 9.47 Å². The molecule has 0 bridgehead atoms. The van der Waals surface area contributed by atoms with E-state index in [0.29, 0.717) is 6.42 Å². The van der Waals surface area contributed by atoms with Crippen LogP contribution in [0.3, 0.4) is 0 Å². The molecule has 0 fully saturated rings. The molecule has 1 aliphatic carbocycles. The predicted octanol–water partition coefficient (Wildman–Crippen LogP) is 6.06. The lowest BCUT2D eigenvalue weighted by molar-refractivity contribution is -0.161. The van der Waals surface area contributed by atoms with E-state index in [4.69, 9.17) is 9.47 Å². The lowest BCUT2D eigenvalue weighted by atomic mass is 9.94. The van der Waals surface area contributed by atoms with Crippen LogP contribution in [-0.4, -0.2) is 24.1 Å². The smallest absolute Gasteiger partial charge is 0.310 e. The minimum Gasteiger partial charge on any atom is -0.461 e.